The normalized spacial score (nSPS) is 15.9. The number of carbonyl (C=O) groups is 2. The van der Waals surface area contributed by atoms with E-state index in [1.165, 1.54) is 23.5 Å². The van der Waals surface area contributed by atoms with E-state index in [1.807, 2.05) is 0 Å². The first-order valence-electron chi connectivity index (χ1n) is 8.58. The van der Waals surface area contributed by atoms with Crippen molar-refractivity contribution in [1.82, 2.24) is 14.9 Å². The van der Waals surface area contributed by atoms with Crippen molar-refractivity contribution < 1.29 is 19.4 Å². The number of nitrogens with zero attached hydrogens (tertiary/aromatic N) is 3. The van der Waals surface area contributed by atoms with Crippen LogP contribution in [0, 0.1) is 0 Å². The predicted octanol–water partition coefficient (Wildman–Crippen LogP) is 3.13. The van der Waals surface area contributed by atoms with E-state index in [-0.39, 0.29) is 5.91 Å². The van der Waals surface area contributed by atoms with Gasteiger partial charge in [0.1, 0.15) is 11.3 Å². The zero-order valence-electron chi connectivity index (χ0n) is 14.6. The monoisotopic (exact) mass is 355 g/mol. The number of hydrogen-bond acceptors (Lipinski definition) is 5. The van der Waals surface area contributed by atoms with Crippen LogP contribution in [-0.2, 0) is 4.79 Å². The Morgan fingerprint density at radius 3 is 2.62 bits per heavy atom. The van der Waals surface area contributed by atoms with Gasteiger partial charge in [-0.3, -0.25) is 9.78 Å². The van der Waals surface area contributed by atoms with Crippen LogP contribution >= 0.6 is 0 Å². The second-order valence-electron chi connectivity index (χ2n) is 6.44. The number of amides is 1. The van der Waals surface area contributed by atoms with Gasteiger partial charge in [-0.05, 0) is 31.0 Å². The lowest BCUT2D eigenvalue weighted by atomic mass is 9.80. The van der Waals surface area contributed by atoms with Gasteiger partial charge in [0.2, 0.25) is 5.88 Å². The SMILES string of the molecule is CN(C(=O)c1cccc(Oc2cnccn2)c1)C1(C(=O)O)CCCCC1. The zero-order chi connectivity index (χ0) is 18.6. The molecule has 0 saturated heterocycles. The van der Waals surface area contributed by atoms with Crippen LogP contribution in [0.2, 0.25) is 0 Å². The lowest BCUT2D eigenvalue weighted by molar-refractivity contribution is -0.151. The van der Waals surface area contributed by atoms with Gasteiger partial charge in [0.25, 0.3) is 5.91 Å². The number of aromatic nitrogens is 2. The van der Waals surface area contributed by atoms with E-state index in [4.69, 9.17) is 4.74 Å². The molecule has 1 saturated carbocycles. The van der Waals surface area contributed by atoms with Crippen LogP contribution in [0.15, 0.2) is 42.9 Å². The Hall–Kier alpha value is -2.96. The molecular formula is C19H21N3O4. The van der Waals surface area contributed by atoms with Crippen molar-refractivity contribution in [3.63, 3.8) is 0 Å². The molecule has 136 valence electrons. The summed E-state index contributed by atoms with van der Waals surface area (Å²) in [6.07, 6.45) is 8.08. The highest BCUT2D eigenvalue weighted by atomic mass is 16.5. The molecular weight excluding hydrogens is 334 g/mol. The molecule has 0 bridgehead atoms. The Kier molecular flexibility index (Phi) is 5.16. The topological polar surface area (TPSA) is 92.6 Å². The molecule has 2 aromatic rings. The molecule has 0 unspecified atom stereocenters. The highest BCUT2D eigenvalue weighted by Crippen LogP contribution is 2.34. The minimum atomic E-state index is -1.14. The van der Waals surface area contributed by atoms with Crippen LogP contribution in [-0.4, -0.2) is 44.4 Å². The minimum Gasteiger partial charge on any atom is -0.479 e. The van der Waals surface area contributed by atoms with Crippen molar-refractivity contribution in [3.8, 4) is 11.6 Å². The molecule has 1 aromatic carbocycles. The van der Waals surface area contributed by atoms with Gasteiger partial charge >= 0.3 is 5.97 Å². The van der Waals surface area contributed by atoms with Gasteiger partial charge in [-0.1, -0.05) is 25.3 Å². The highest BCUT2D eigenvalue weighted by molar-refractivity contribution is 5.98. The predicted molar refractivity (Wildman–Crippen MR) is 94.1 cm³/mol. The average Bonchev–Trinajstić information content (AvgIpc) is 2.68. The van der Waals surface area contributed by atoms with Crippen molar-refractivity contribution in [1.29, 1.82) is 0 Å². The van der Waals surface area contributed by atoms with Crippen LogP contribution in [0.5, 0.6) is 11.6 Å². The van der Waals surface area contributed by atoms with Crippen molar-refractivity contribution in [3.05, 3.63) is 48.4 Å². The van der Waals surface area contributed by atoms with E-state index in [0.29, 0.717) is 30.0 Å². The van der Waals surface area contributed by atoms with E-state index in [1.54, 1.807) is 31.3 Å². The molecule has 7 nitrogen and oxygen atoms in total. The van der Waals surface area contributed by atoms with Gasteiger partial charge < -0.3 is 14.7 Å². The third kappa shape index (κ3) is 3.51. The maximum Gasteiger partial charge on any atom is 0.329 e. The summed E-state index contributed by atoms with van der Waals surface area (Å²) in [4.78, 5) is 34.2. The Morgan fingerprint density at radius 1 is 1.19 bits per heavy atom. The average molecular weight is 355 g/mol. The Labute approximate surface area is 151 Å². The number of aliphatic carboxylic acids is 1. The number of benzene rings is 1. The second-order valence-corrected chi connectivity index (χ2v) is 6.44. The number of carboxylic acids is 1. The molecule has 26 heavy (non-hydrogen) atoms. The van der Waals surface area contributed by atoms with Gasteiger partial charge in [-0.25, -0.2) is 9.78 Å². The van der Waals surface area contributed by atoms with Crippen molar-refractivity contribution in [2.75, 3.05) is 7.05 Å². The fraction of sp³-hybridized carbons (Fsp3) is 0.368. The van der Waals surface area contributed by atoms with Gasteiger partial charge in [-0.2, -0.15) is 0 Å². The molecule has 0 atom stereocenters. The smallest absolute Gasteiger partial charge is 0.329 e. The highest BCUT2D eigenvalue weighted by Gasteiger charge is 2.45. The molecule has 0 aliphatic heterocycles. The van der Waals surface area contributed by atoms with Gasteiger partial charge in [0.15, 0.2) is 0 Å². The number of carboxylic acid groups (broad SMARTS) is 1. The first-order valence-corrected chi connectivity index (χ1v) is 8.58. The molecule has 1 aliphatic carbocycles. The molecule has 1 fully saturated rings. The van der Waals surface area contributed by atoms with E-state index in [2.05, 4.69) is 9.97 Å². The zero-order valence-corrected chi connectivity index (χ0v) is 14.6. The van der Waals surface area contributed by atoms with E-state index in [0.717, 1.165) is 19.3 Å². The Morgan fingerprint density at radius 2 is 1.96 bits per heavy atom. The van der Waals surface area contributed by atoms with E-state index < -0.39 is 11.5 Å². The number of carbonyl (C=O) groups excluding carboxylic acids is 1. The quantitative estimate of drug-likeness (QED) is 0.886. The molecule has 0 spiro atoms. The number of likely N-dealkylation sites (N-methyl/N-ethyl adjacent to an activating group) is 1. The molecule has 0 radical (unpaired) electrons. The first kappa shape index (κ1) is 17.8. The number of rotatable bonds is 5. The fourth-order valence-corrected chi connectivity index (χ4v) is 3.37. The van der Waals surface area contributed by atoms with Gasteiger partial charge in [0.05, 0.1) is 6.20 Å². The molecule has 1 aromatic heterocycles. The number of hydrogen-bond donors (Lipinski definition) is 1. The fourth-order valence-electron chi connectivity index (χ4n) is 3.37. The summed E-state index contributed by atoms with van der Waals surface area (Å²) in [7, 11) is 1.57. The summed E-state index contributed by atoms with van der Waals surface area (Å²) in [5, 5.41) is 9.77. The lowest BCUT2D eigenvalue weighted by Gasteiger charge is -2.41. The third-order valence-corrected chi connectivity index (χ3v) is 4.87. The van der Waals surface area contributed by atoms with Gasteiger partial charge in [0, 0.05) is 25.0 Å². The van der Waals surface area contributed by atoms with E-state index >= 15 is 0 Å². The van der Waals surface area contributed by atoms with Crippen molar-refractivity contribution in [2.24, 2.45) is 0 Å². The van der Waals surface area contributed by atoms with Crippen LogP contribution in [0.1, 0.15) is 42.5 Å². The molecule has 3 rings (SSSR count). The Balaban J connectivity index is 1.82. The number of ether oxygens (including phenoxy) is 1. The lowest BCUT2D eigenvalue weighted by Crippen LogP contribution is -2.56. The first-order chi connectivity index (χ1) is 12.5. The largest absolute Gasteiger partial charge is 0.479 e. The minimum absolute atomic E-state index is 0.319. The van der Waals surface area contributed by atoms with Crippen molar-refractivity contribution >= 4 is 11.9 Å². The molecule has 1 amide bonds. The Bertz CT molecular complexity index is 788. The maximum absolute atomic E-state index is 12.9. The summed E-state index contributed by atoms with van der Waals surface area (Å²) < 4.78 is 5.61. The third-order valence-electron chi connectivity index (χ3n) is 4.87. The second kappa shape index (κ2) is 7.51. The van der Waals surface area contributed by atoms with Crippen LogP contribution in [0.3, 0.4) is 0 Å². The van der Waals surface area contributed by atoms with E-state index in [9.17, 15) is 14.7 Å². The molecule has 1 heterocycles. The molecule has 7 heteroatoms. The summed E-state index contributed by atoms with van der Waals surface area (Å²) in [5.41, 5.74) is -0.767. The maximum atomic E-state index is 12.9. The summed E-state index contributed by atoms with van der Waals surface area (Å²) in [6, 6.07) is 6.65. The van der Waals surface area contributed by atoms with Gasteiger partial charge in [-0.15, -0.1) is 0 Å². The van der Waals surface area contributed by atoms with Crippen LogP contribution in [0.4, 0.5) is 0 Å². The van der Waals surface area contributed by atoms with Crippen LogP contribution in [0.25, 0.3) is 0 Å². The molecule has 1 N–H and O–H groups in total. The summed E-state index contributed by atoms with van der Waals surface area (Å²) in [6.45, 7) is 0. The van der Waals surface area contributed by atoms with Crippen molar-refractivity contribution in [2.45, 2.75) is 37.6 Å². The summed E-state index contributed by atoms with van der Waals surface area (Å²) in [5.74, 6) is -0.517. The van der Waals surface area contributed by atoms with Crippen LogP contribution < -0.4 is 4.74 Å². The molecule has 1 aliphatic rings. The summed E-state index contributed by atoms with van der Waals surface area (Å²) >= 11 is 0. The standard InChI is InChI=1S/C19H21N3O4/c1-22(19(18(24)25)8-3-2-4-9-19)17(23)14-6-5-7-15(12-14)26-16-13-20-10-11-21-16/h5-7,10-13H,2-4,8-9H2,1H3,(H,24,25).